The number of rotatable bonds is 3. The normalized spacial score (nSPS) is 12.3. The monoisotopic (exact) mass is 315 g/mol. The van der Waals surface area contributed by atoms with Gasteiger partial charge in [-0.15, -0.1) is 5.10 Å². The summed E-state index contributed by atoms with van der Waals surface area (Å²) in [4.78, 5) is 15.1. The Morgan fingerprint density at radius 3 is 2.76 bits per heavy atom. The van der Waals surface area contributed by atoms with E-state index in [0.29, 0.717) is 22.9 Å². The van der Waals surface area contributed by atoms with Crippen LogP contribution in [-0.2, 0) is 6.18 Å². The minimum atomic E-state index is -4.74. The fraction of sp³-hybridized carbons (Fsp3) is 0.182. The number of aromatic nitrogens is 3. The predicted octanol–water partition coefficient (Wildman–Crippen LogP) is 2.11. The molecule has 0 saturated heterocycles. The Kier molecular flexibility index (Phi) is 4.26. The Morgan fingerprint density at radius 2 is 2.14 bits per heavy atom. The first-order valence-corrected chi connectivity index (χ1v) is 6.32. The maximum Gasteiger partial charge on any atom is 0.436 e. The third kappa shape index (κ3) is 3.60. The van der Waals surface area contributed by atoms with E-state index in [9.17, 15) is 18.0 Å². The minimum Gasteiger partial charge on any atom is -0.266 e. The zero-order valence-electron chi connectivity index (χ0n) is 10.5. The highest BCUT2D eigenvalue weighted by Crippen LogP contribution is 2.31. The van der Waals surface area contributed by atoms with Gasteiger partial charge in [0.15, 0.2) is 5.69 Å². The van der Waals surface area contributed by atoms with E-state index in [-0.39, 0.29) is 0 Å². The molecule has 0 aliphatic carbocycles. The molecule has 2 aromatic heterocycles. The zero-order valence-corrected chi connectivity index (χ0v) is 11.4. The van der Waals surface area contributed by atoms with E-state index in [1.807, 2.05) is 5.43 Å². The molecular weight excluding hydrogens is 307 g/mol. The number of nitrogens with zero attached hydrogens (tertiary/aromatic N) is 4. The topological polar surface area (TPSA) is 80.1 Å². The Bertz CT molecular complexity index is 668. The maximum absolute atomic E-state index is 12.6. The molecule has 0 atom stereocenters. The second-order valence-electron chi connectivity index (χ2n) is 3.80. The molecule has 6 nitrogen and oxygen atoms in total. The number of hydrogen-bond donors (Lipinski definition) is 1. The fourth-order valence-corrected chi connectivity index (χ4v) is 1.92. The third-order valence-corrected chi connectivity index (χ3v) is 3.05. The number of alkyl halides is 3. The van der Waals surface area contributed by atoms with E-state index in [4.69, 9.17) is 0 Å². The molecule has 1 N–H and O–H groups in total. The Labute approximate surface area is 120 Å². The molecule has 2 rings (SSSR count). The molecule has 110 valence electrons. The molecule has 0 fully saturated rings. The lowest BCUT2D eigenvalue weighted by atomic mass is 10.3. The molecular formula is C11H8F3N5OS. The van der Waals surface area contributed by atoms with Gasteiger partial charge in [-0.2, -0.15) is 18.3 Å². The minimum absolute atomic E-state index is 0.354. The van der Waals surface area contributed by atoms with Crippen LogP contribution in [0.5, 0.6) is 0 Å². The van der Waals surface area contributed by atoms with E-state index >= 15 is 0 Å². The van der Waals surface area contributed by atoms with E-state index in [2.05, 4.69) is 19.7 Å². The molecule has 1 amide bonds. The number of pyridine rings is 1. The number of carbonyl (C=O) groups excluding carboxylic acids is 1. The Balaban J connectivity index is 2.15. The number of carbonyl (C=O) groups is 1. The number of halogens is 3. The van der Waals surface area contributed by atoms with Gasteiger partial charge in [0.2, 0.25) is 0 Å². The molecule has 0 saturated carbocycles. The van der Waals surface area contributed by atoms with Crippen LogP contribution in [0.3, 0.4) is 0 Å². The molecule has 0 aliphatic heterocycles. The summed E-state index contributed by atoms with van der Waals surface area (Å²) >= 11 is 0.354. The second kappa shape index (κ2) is 5.95. The molecule has 2 aromatic rings. The Hall–Kier alpha value is -2.36. The van der Waals surface area contributed by atoms with Crippen LogP contribution in [0.2, 0.25) is 0 Å². The summed E-state index contributed by atoms with van der Waals surface area (Å²) in [7, 11) is 0. The lowest BCUT2D eigenvalue weighted by Gasteiger charge is -2.04. The highest BCUT2D eigenvalue weighted by atomic mass is 32.1. The van der Waals surface area contributed by atoms with Gasteiger partial charge in [0, 0.05) is 6.20 Å². The van der Waals surface area contributed by atoms with E-state index in [0.717, 1.165) is 0 Å². The highest BCUT2D eigenvalue weighted by molar-refractivity contribution is 7.08. The lowest BCUT2D eigenvalue weighted by molar-refractivity contribution is -0.141. The average Bonchev–Trinajstić information content (AvgIpc) is 2.95. The van der Waals surface area contributed by atoms with Crippen LogP contribution in [0.1, 0.15) is 28.0 Å². The maximum atomic E-state index is 12.6. The van der Waals surface area contributed by atoms with Crippen molar-refractivity contribution < 1.29 is 18.0 Å². The van der Waals surface area contributed by atoms with E-state index in [1.54, 1.807) is 25.1 Å². The van der Waals surface area contributed by atoms with Gasteiger partial charge in [0.1, 0.15) is 4.88 Å². The molecule has 0 bridgehead atoms. The summed E-state index contributed by atoms with van der Waals surface area (Å²) in [6, 6.07) is 5.08. The van der Waals surface area contributed by atoms with Gasteiger partial charge in [-0.3, -0.25) is 9.78 Å². The number of hydrogen-bond acceptors (Lipinski definition) is 6. The van der Waals surface area contributed by atoms with Crippen molar-refractivity contribution in [3.63, 3.8) is 0 Å². The van der Waals surface area contributed by atoms with Crippen molar-refractivity contribution in [2.24, 2.45) is 5.10 Å². The first kappa shape index (κ1) is 15.0. The van der Waals surface area contributed by atoms with Gasteiger partial charge in [-0.05, 0) is 30.6 Å². The van der Waals surface area contributed by atoms with Crippen LogP contribution in [0.15, 0.2) is 29.5 Å². The molecule has 2 heterocycles. The van der Waals surface area contributed by atoms with Crippen LogP contribution < -0.4 is 5.43 Å². The third-order valence-electron chi connectivity index (χ3n) is 2.32. The molecule has 0 aliphatic rings. The number of hydrazone groups is 1. The predicted molar refractivity (Wildman–Crippen MR) is 68.8 cm³/mol. The van der Waals surface area contributed by atoms with Crippen molar-refractivity contribution in [1.82, 2.24) is 20.0 Å². The largest absolute Gasteiger partial charge is 0.436 e. The van der Waals surface area contributed by atoms with Crippen LogP contribution in [0.25, 0.3) is 0 Å². The van der Waals surface area contributed by atoms with Crippen LogP contribution in [0.4, 0.5) is 13.2 Å². The van der Waals surface area contributed by atoms with Gasteiger partial charge in [0.25, 0.3) is 5.91 Å². The standard InChI is InChI=1S/C11H8F3N5OS/c1-6(7-4-2-3-5-15-7)16-18-10(20)8-9(11(12,13)14)17-19-21-8/h2-5H,1H3,(H,18,20)/b16-6+. The van der Waals surface area contributed by atoms with Crippen molar-refractivity contribution in [3.8, 4) is 0 Å². The zero-order chi connectivity index (χ0) is 15.5. The second-order valence-corrected chi connectivity index (χ2v) is 4.56. The molecule has 0 aromatic carbocycles. The molecule has 10 heteroatoms. The van der Waals surface area contributed by atoms with E-state index < -0.39 is 22.7 Å². The lowest BCUT2D eigenvalue weighted by Crippen LogP contribution is -2.22. The molecule has 0 spiro atoms. The van der Waals surface area contributed by atoms with Crippen molar-refractivity contribution in [2.45, 2.75) is 13.1 Å². The van der Waals surface area contributed by atoms with Crippen molar-refractivity contribution in [3.05, 3.63) is 40.7 Å². The highest BCUT2D eigenvalue weighted by Gasteiger charge is 2.39. The summed E-state index contributed by atoms with van der Waals surface area (Å²) in [6.07, 6.45) is -3.20. The van der Waals surface area contributed by atoms with Gasteiger partial charge >= 0.3 is 6.18 Å². The Morgan fingerprint density at radius 1 is 1.38 bits per heavy atom. The first-order valence-electron chi connectivity index (χ1n) is 5.55. The molecule has 0 unspecified atom stereocenters. The van der Waals surface area contributed by atoms with Gasteiger partial charge in [0.05, 0.1) is 11.4 Å². The summed E-state index contributed by atoms with van der Waals surface area (Å²) in [5.74, 6) is -1.02. The molecule has 21 heavy (non-hydrogen) atoms. The van der Waals surface area contributed by atoms with Crippen molar-refractivity contribution in [2.75, 3.05) is 0 Å². The summed E-state index contributed by atoms with van der Waals surface area (Å²) in [5.41, 5.74) is 1.56. The average molecular weight is 315 g/mol. The smallest absolute Gasteiger partial charge is 0.266 e. The SMILES string of the molecule is C/C(=N\NC(=O)c1snnc1C(F)(F)F)c1ccccn1. The number of nitrogens with one attached hydrogen (secondary N) is 1. The van der Waals surface area contributed by atoms with Crippen LogP contribution in [-0.4, -0.2) is 26.2 Å². The van der Waals surface area contributed by atoms with Crippen molar-refractivity contribution >= 4 is 23.2 Å². The fourth-order valence-electron chi connectivity index (χ4n) is 1.34. The molecule has 0 radical (unpaired) electrons. The van der Waals surface area contributed by atoms with Gasteiger partial charge in [-0.25, -0.2) is 5.43 Å². The van der Waals surface area contributed by atoms with Crippen LogP contribution >= 0.6 is 11.5 Å². The quantitative estimate of drug-likeness (QED) is 0.695. The summed E-state index contributed by atoms with van der Waals surface area (Å²) in [5, 5.41) is 6.63. The number of amides is 1. The van der Waals surface area contributed by atoms with Gasteiger partial charge < -0.3 is 0 Å². The van der Waals surface area contributed by atoms with Crippen LogP contribution in [0, 0.1) is 0 Å². The van der Waals surface area contributed by atoms with Crippen molar-refractivity contribution in [1.29, 1.82) is 0 Å². The summed E-state index contributed by atoms with van der Waals surface area (Å²) in [6.45, 7) is 1.57. The van der Waals surface area contributed by atoms with Gasteiger partial charge in [-0.1, -0.05) is 10.6 Å². The van der Waals surface area contributed by atoms with E-state index in [1.165, 1.54) is 6.20 Å². The summed E-state index contributed by atoms with van der Waals surface area (Å²) < 4.78 is 40.9. The first-order chi connectivity index (χ1) is 9.89.